The minimum absolute atomic E-state index is 0.384. The molecule has 0 bridgehead atoms. The van der Waals surface area contributed by atoms with E-state index in [1.807, 2.05) is 12.1 Å². The first-order valence-corrected chi connectivity index (χ1v) is 6.01. The van der Waals surface area contributed by atoms with Crippen LogP contribution in [-0.4, -0.2) is 13.1 Å². The van der Waals surface area contributed by atoms with Gasteiger partial charge in [-0.2, -0.15) is 0 Å². The lowest BCUT2D eigenvalue weighted by atomic mass is 10.2. The first-order chi connectivity index (χ1) is 7.54. The molecule has 0 spiro atoms. The molecule has 3 nitrogen and oxygen atoms in total. The lowest BCUT2D eigenvalue weighted by molar-refractivity contribution is -0.132. The first-order valence-electron chi connectivity index (χ1n) is 4.42. The van der Waals surface area contributed by atoms with E-state index in [4.69, 9.17) is 9.47 Å². The summed E-state index contributed by atoms with van der Waals surface area (Å²) in [7, 11) is 1.53. The van der Waals surface area contributed by atoms with E-state index < -0.39 is 0 Å². The molecule has 0 saturated carbocycles. The summed E-state index contributed by atoms with van der Waals surface area (Å²) in [6.07, 6.45) is 1.78. The molecule has 0 aliphatic heterocycles. The summed E-state index contributed by atoms with van der Waals surface area (Å²) in [6, 6.07) is 5.38. The fourth-order valence-corrected chi connectivity index (χ4v) is 1.67. The van der Waals surface area contributed by atoms with E-state index in [0.717, 1.165) is 8.96 Å². The van der Waals surface area contributed by atoms with Gasteiger partial charge in [0.2, 0.25) is 0 Å². The monoisotopic (exact) mass is 348 g/mol. The van der Waals surface area contributed by atoms with Crippen LogP contribution in [0.3, 0.4) is 0 Å². The predicted molar refractivity (Wildman–Crippen MR) is 70.1 cm³/mol. The number of hydrogen-bond acceptors (Lipinski definition) is 3. The SMILES string of the molecule is COc1cccc(C=C(Br)Br)c1OC(C)=O. The van der Waals surface area contributed by atoms with Crippen LogP contribution < -0.4 is 9.47 Å². The van der Waals surface area contributed by atoms with E-state index in [0.29, 0.717) is 11.5 Å². The average Bonchev–Trinajstić information content (AvgIpc) is 2.19. The molecule has 0 aliphatic rings. The summed E-state index contributed by atoms with van der Waals surface area (Å²) in [4.78, 5) is 11.0. The van der Waals surface area contributed by atoms with Gasteiger partial charge in [0.25, 0.3) is 0 Å². The number of ether oxygens (including phenoxy) is 2. The van der Waals surface area contributed by atoms with Crippen molar-refractivity contribution in [2.45, 2.75) is 6.92 Å². The summed E-state index contributed by atoms with van der Waals surface area (Å²) < 4.78 is 11.0. The van der Waals surface area contributed by atoms with Crippen molar-refractivity contribution in [2.24, 2.45) is 0 Å². The Morgan fingerprint density at radius 1 is 1.38 bits per heavy atom. The van der Waals surface area contributed by atoms with E-state index in [-0.39, 0.29) is 5.97 Å². The number of esters is 1. The fourth-order valence-electron chi connectivity index (χ4n) is 1.18. The zero-order chi connectivity index (χ0) is 12.1. The Morgan fingerprint density at radius 2 is 2.06 bits per heavy atom. The second kappa shape index (κ2) is 6.06. The third-order valence-corrected chi connectivity index (χ3v) is 2.20. The second-order valence-electron chi connectivity index (χ2n) is 2.91. The molecule has 0 atom stereocenters. The highest BCUT2D eigenvalue weighted by molar-refractivity contribution is 9.28. The van der Waals surface area contributed by atoms with Gasteiger partial charge in [-0.15, -0.1) is 0 Å². The van der Waals surface area contributed by atoms with Crippen LogP contribution in [0.4, 0.5) is 0 Å². The lowest BCUT2D eigenvalue weighted by Crippen LogP contribution is -2.04. The third-order valence-electron chi connectivity index (χ3n) is 1.74. The molecule has 0 aromatic heterocycles. The Bertz CT molecular complexity index is 423. The van der Waals surface area contributed by atoms with Crippen molar-refractivity contribution in [2.75, 3.05) is 7.11 Å². The van der Waals surface area contributed by atoms with Crippen LogP contribution in [0, 0.1) is 0 Å². The zero-order valence-electron chi connectivity index (χ0n) is 8.79. The minimum atomic E-state index is -0.384. The maximum atomic E-state index is 11.0. The molecule has 0 unspecified atom stereocenters. The van der Waals surface area contributed by atoms with Gasteiger partial charge in [0.05, 0.1) is 10.5 Å². The predicted octanol–water partition coefficient (Wildman–Crippen LogP) is 3.71. The van der Waals surface area contributed by atoms with Crippen LogP contribution in [0.15, 0.2) is 21.6 Å². The fraction of sp³-hybridized carbons (Fsp3) is 0.182. The van der Waals surface area contributed by atoms with E-state index in [1.54, 1.807) is 12.1 Å². The molecule has 1 aromatic rings. The quantitative estimate of drug-likeness (QED) is 0.616. The van der Waals surface area contributed by atoms with Gasteiger partial charge < -0.3 is 9.47 Å². The van der Waals surface area contributed by atoms with Crippen molar-refractivity contribution >= 4 is 43.9 Å². The van der Waals surface area contributed by atoms with Crippen LogP contribution in [0.1, 0.15) is 12.5 Å². The van der Waals surface area contributed by atoms with Crippen molar-refractivity contribution in [1.29, 1.82) is 0 Å². The van der Waals surface area contributed by atoms with E-state index in [2.05, 4.69) is 31.9 Å². The molecule has 86 valence electrons. The molecule has 0 saturated heterocycles. The number of carbonyl (C=O) groups is 1. The number of benzene rings is 1. The summed E-state index contributed by atoms with van der Waals surface area (Å²) >= 11 is 6.51. The van der Waals surface area contributed by atoms with Gasteiger partial charge in [-0.1, -0.05) is 12.1 Å². The topological polar surface area (TPSA) is 35.5 Å². The Kier molecular flexibility index (Phi) is 5.02. The number of hydrogen-bond donors (Lipinski definition) is 0. The number of carbonyl (C=O) groups excluding carboxylic acids is 1. The molecule has 0 N–H and O–H groups in total. The highest BCUT2D eigenvalue weighted by Gasteiger charge is 2.11. The Balaban J connectivity index is 3.25. The Labute approximate surface area is 111 Å². The number of rotatable bonds is 3. The summed E-state index contributed by atoms with van der Waals surface area (Å²) in [6.45, 7) is 1.35. The van der Waals surface area contributed by atoms with E-state index >= 15 is 0 Å². The lowest BCUT2D eigenvalue weighted by Gasteiger charge is -2.10. The van der Waals surface area contributed by atoms with Gasteiger partial charge in [0, 0.05) is 12.5 Å². The van der Waals surface area contributed by atoms with Crippen LogP contribution in [0.25, 0.3) is 6.08 Å². The van der Waals surface area contributed by atoms with Crippen LogP contribution >= 0.6 is 31.9 Å². The molecule has 0 aliphatic carbocycles. The van der Waals surface area contributed by atoms with Gasteiger partial charge >= 0.3 is 5.97 Å². The molecule has 16 heavy (non-hydrogen) atoms. The molecular weight excluding hydrogens is 340 g/mol. The van der Waals surface area contributed by atoms with Gasteiger partial charge in [-0.25, -0.2) is 0 Å². The van der Waals surface area contributed by atoms with Crippen LogP contribution in [0.5, 0.6) is 11.5 Å². The van der Waals surface area contributed by atoms with Crippen LogP contribution in [0.2, 0.25) is 0 Å². The Morgan fingerprint density at radius 3 is 2.56 bits per heavy atom. The molecule has 1 aromatic carbocycles. The van der Waals surface area contributed by atoms with Gasteiger partial charge in [0.15, 0.2) is 11.5 Å². The maximum Gasteiger partial charge on any atom is 0.308 e. The van der Waals surface area contributed by atoms with Crippen molar-refractivity contribution in [3.63, 3.8) is 0 Å². The van der Waals surface area contributed by atoms with Gasteiger partial charge in [0.1, 0.15) is 0 Å². The third kappa shape index (κ3) is 3.64. The summed E-state index contributed by atoms with van der Waals surface area (Å²) in [5.74, 6) is 0.545. The standard InChI is InChI=1S/C11H10Br2O3/c1-7(14)16-11-8(6-10(12)13)4-3-5-9(11)15-2/h3-6H,1-2H3. The minimum Gasteiger partial charge on any atom is -0.493 e. The molecule has 0 fully saturated rings. The van der Waals surface area contributed by atoms with E-state index in [1.165, 1.54) is 14.0 Å². The molecule has 0 radical (unpaired) electrons. The Hall–Kier alpha value is -0.810. The van der Waals surface area contributed by atoms with Gasteiger partial charge in [-0.05, 0) is 44.0 Å². The summed E-state index contributed by atoms with van der Waals surface area (Å²) in [5, 5.41) is 0. The number of halogens is 2. The largest absolute Gasteiger partial charge is 0.493 e. The average molecular weight is 350 g/mol. The van der Waals surface area contributed by atoms with E-state index in [9.17, 15) is 4.79 Å². The van der Waals surface area contributed by atoms with Crippen molar-refractivity contribution in [1.82, 2.24) is 0 Å². The maximum absolute atomic E-state index is 11.0. The normalized spacial score (nSPS) is 9.50. The molecule has 1 rings (SSSR count). The summed E-state index contributed by atoms with van der Waals surface area (Å²) in [5.41, 5.74) is 0.748. The van der Waals surface area contributed by atoms with Crippen molar-refractivity contribution in [3.05, 3.63) is 27.2 Å². The zero-order valence-corrected chi connectivity index (χ0v) is 12.0. The molecule has 0 amide bonds. The molecule has 0 heterocycles. The van der Waals surface area contributed by atoms with Crippen molar-refractivity contribution < 1.29 is 14.3 Å². The van der Waals surface area contributed by atoms with Crippen molar-refractivity contribution in [3.8, 4) is 11.5 Å². The number of methoxy groups -OCH3 is 1. The van der Waals surface area contributed by atoms with Gasteiger partial charge in [-0.3, -0.25) is 4.79 Å². The molecular formula is C11H10Br2O3. The molecule has 5 heteroatoms. The highest BCUT2D eigenvalue weighted by Crippen LogP contribution is 2.34. The van der Waals surface area contributed by atoms with Crippen LogP contribution in [-0.2, 0) is 4.79 Å². The first kappa shape index (κ1) is 13.3. The highest BCUT2D eigenvalue weighted by atomic mass is 79.9. The number of para-hydroxylation sites is 1. The second-order valence-corrected chi connectivity index (χ2v) is 5.68. The smallest absolute Gasteiger partial charge is 0.308 e.